The first-order valence-electron chi connectivity index (χ1n) is 5.11. The Bertz CT molecular complexity index is 309. The minimum Gasteiger partial charge on any atom is -0.418 e. The van der Waals surface area contributed by atoms with Gasteiger partial charge in [0.05, 0.1) is 5.60 Å². The molecule has 0 N–H and O–H groups in total. The van der Waals surface area contributed by atoms with Crippen LogP contribution < -0.4 is 0 Å². The van der Waals surface area contributed by atoms with Crippen LogP contribution in [-0.2, 0) is 10.0 Å². The molecule has 0 spiro atoms. The van der Waals surface area contributed by atoms with E-state index in [4.69, 9.17) is 4.43 Å². The molecular formula is C13H18OSi. The van der Waals surface area contributed by atoms with Gasteiger partial charge in [-0.25, -0.2) is 0 Å². The molecule has 0 aliphatic carbocycles. The van der Waals surface area contributed by atoms with Crippen LogP contribution in [-0.4, -0.2) is 10.5 Å². The summed E-state index contributed by atoms with van der Waals surface area (Å²) < 4.78 is 5.80. The van der Waals surface area contributed by atoms with Crippen molar-refractivity contribution in [2.75, 3.05) is 0 Å². The zero-order chi connectivity index (χ0) is 11.1. The van der Waals surface area contributed by atoms with Crippen molar-refractivity contribution in [3.05, 3.63) is 61.2 Å². The summed E-state index contributed by atoms with van der Waals surface area (Å²) in [5.74, 6) is 0. The Labute approximate surface area is 95.0 Å². The van der Waals surface area contributed by atoms with E-state index in [0.29, 0.717) is 10.5 Å². The van der Waals surface area contributed by atoms with Gasteiger partial charge in [-0.05, 0) is 18.4 Å². The lowest BCUT2D eigenvalue weighted by Gasteiger charge is -2.32. The van der Waals surface area contributed by atoms with E-state index in [9.17, 15) is 0 Å². The lowest BCUT2D eigenvalue weighted by atomic mass is 9.87. The molecule has 0 aromatic heterocycles. The lowest BCUT2D eigenvalue weighted by molar-refractivity contribution is 0.0847. The molecule has 0 fully saturated rings. The number of rotatable bonds is 6. The van der Waals surface area contributed by atoms with Crippen molar-refractivity contribution in [3.8, 4) is 0 Å². The van der Waals surface area contributed by atoms with Gasteiger partial charge in [0.2, 0.25) is 0 Å². The van der Waals surface area contributed by atoms with Gasteiger partial charge in [-0.3, -0.25) is 0 Å². The van der Waals surface area contributed by atoms with Crippen LogP contribution in [0, 0.1) is 0 Å². The fraction of sp³-hybridized carbons (Fsp3) is 0.231. The normalized spacial score (nSPS) is 11.2. The number of hydrogen-bond acceptors (Lipinski definition) is 1. The van der Waals surface area contributed by atoms with Crippen molar-refractivity contribution in [1.29, 1.82) is 0 Å². The summed E-state index contributed by atoms with van der Waals surface area (Å²) in [7, 11) is 0.714. The largest absolute Gasteiger partial charge is 0.418 e. The Hall–Kier alpha value is -1.12. The van der Waals surface area contributed by atoms with Crippen LogP contribution in [0.4, 0.5) is 0 Å². The Morgan fingerprint density at radius 2 is 1.67 bits per heavy atom. The van der Waals surface area contributed by atoms with Crippen LogP contribution in [0.25, 0.3) is 0 Å². The Morgan fingerprint density at radius 3 is 2.07 bits per heavy atom. The van der Waals surface area contributed by atoms with E-state index < -0.39 is 0 Å². The lowest BCUT2D eigenvalue weighted by Crippen LogP contribution is -2.27. The third-order valence-electron chi connectivity index (χ3n) is 2.64. The Kier molecular flexibility index (Phi) is 4.53. The molecule has 0 unspecified atom stereocenters. The van der Waals surface area contributed by atoms with Crippen molar-refractivity contribution in [2.24, 2.45) is 0 Å². The van der Waals surface area contributed by atoms with E-state index in [1.807, 2.05) is 30.4 Å². The van der Waals surface area contributed by atoms with Crippen LogP contribution >= 0.6 is 0 Å². The van der Waals surface area contributed by atoms with Crippen molar-refractivity contribution >= 4 is 10.5 Å². The van der Waals surface area contributed by atoms with Crippen LogP contribution in [0.2, 0.25) is 0 Å². The van der Waals surface area contributed by atoms with Crippen LogP contribution in [0.1, 0.15) is 18.4 Å². The maximum Gasteiger partial charge on any atom is 0.147 e. The first kappa shape index (κ1) is 11.9. The van der Waals surface area contributed by atoms with E-state index in [2.05, 4.69) is 25.3 Å². The van der Waals surface area contributed by atoms with Gasteiger partial charge < -0.3 is 4.43 Å². The number of hydrogen-bond donors (Lipinski definition) is 0. The number of benzene rings is 1. The smallest absolute Gasteiger partial charge is 0.147 e. The summed E-state index contributed by atoms with van der Waals surface area (Å²) in [6.45, 7) is 7.60. The zero-order valence-corrected chi connectivity index (χ0v) is 11.3. The molecule has 1 aromatic rings. The van der Waals surface area contributed by atoms with E-state index in [1.54, 1.807) is 0 Å². The van der Waals surface area contributed by atoms with Gasteiger partial charge in [-0.1, -0.05) is 42.5 Å². The molecule has 0 atom stereocenters. The highest BCUT2D eigenvalue weighted by Crippen LogP contribution is 2.32. The van der Waals surface area contributed by atoms with Gasteiger partial charge in [0.15, 0.2) is 0 Å². The molecular weight excluding hydrogens is 200 g/mol. The predicted octanol–water partition coefficient (Wildman–Crippen LogP) is 2.33. The van der Waals surface area contributed by atoms with E-state index >= 15 is 0 Å². The molecule has 0 heterocycles. The third kappa shape index (κ3) is 2.67. The Balaban J connectivity index is 3.07. The monoisotopic (exact) mass is 218 g/mol. The van der Waals surface area contributed by atoms with E-state index in [1.165, 1.54) is 5.56 Å². The van der Waals surface area contributed by atoms with Crippen LogP contribution in [0.3, 0.4) is 0 Å². The first-order valence-corrected chi connectivity index (χ1v) is 5.93. The molecule has 0 saturated carbocycles. The molecule has 1 nitrogen and oxygen atoms in total. The molecule has 80 valence electrons. The van der Waals surface area contributed by atoms with Gasteiger partial charge in [-0.2, -0.15) is 0 Å². The third-order valence-corrected chi connectivity index (χ3v) is 3.42. The molecule has 0 amide bonds. The molecule has 2 heteroatoms. The fourth-order valence-electron chi connectivity index (χ4n) is 1.81. The molecule has 0 saturated heterocycles. The summed E-state index contributed by atoms with van der Waals surface area (Å²) in [5, 5.41) is 0. The maximum atomic E-state index is 5.80. The summed E-state index contributed by atoms with van der Waals surface area (Å²) in [5.41, 5.74) is 0.969. The summed E-state index contributed by atoms with van der Waals surface area (Å²) >= 11 is 0. The van der Waals surface area contributed by atoms with Gasteiger partial charge in [0.25, 0.3) is 0 Å². The SMILES string of the molecule is C=CCC(CC=C)(O[SiH3])c1ccccc1. The first-order chi connectivity index (χ1) is 7.29. The second-order valence-electron chi connectivity index (χ2n) is 3.55. The Morgan fingerprint density at radius 1 is 1.13 bits per heavy atom. The summed E-state index contributed by atoms with van der Waals surface area (Å²) in [6, 6.07) is 10.3. The molecule has 1 aromatic carbocycles. The van der Waals surface area contributed by atoms with E-state index in [-0.39, 0.29) is 5.60 Å². The van der Waals surface area contributed by atoms with Gasteiger partial charge in [-0.15, -0.1) is 13.2 Å². The average Bonchev–Trinajstić information content (AvgIpc) is 2.30. The van der Waals surface area contributed by atoms with Crippen LogP contribution in [0.5, 0.6) is 0 Å². The molecule has 0 radical (unpaired) electrons. The molecule has 15 heavy (non-hydrogen) atoms. The van der Waals surface area contributed by atoms with Crippen molar-refractivity contribution < 1.29 is 4.43 Å². The van der Waals surface area contributed by atoms with Crippen LogP contribution in [0.15, 0.2) is 55.6 Å². The highest BCUT2D eigenvalue weighted by atomic mass is 28.2. The molecule has 0 aliphatic rings. The second kappa shape index (κ2) is 5.68. The van der Waals surface area contributed by atoms with Crippen molar-refractivity contribution in [3.63, 3.8) is 0 Å². The molecule has 1 rings (SSSR count). The fourth-order valence-corrected chi connectivity index (χ4v) is 2.38. The summed E-state index contributed by atoms with van der Waals surface area (Å²) in [4.78, 5) is 0. The minimum absolute atomic E-state index is 0.239. The standard InChI is InChI=1S/C13H18OSi/c1-3-10-13(14-15,11-4-2)12-8-6-5-7-9-12/h3-9H,1-2,10-11H2,15H3. The van der Waals surface area contributed by atoms with Gasteiger partial charge in [0.1, 0.15) is 10.5 Å². The minimum atomic E-state index is -0.239. The highest BCUT2D eigenvalue weighted by Gasteiger charge is 2.28. The van der Waals surface area contributed by atoms with E-state index in [0.717, 1.165) is 12.8 Å². The molecule has 0 aliphatic heterocycles. The maximum absolute atomic E-state index is 5.80. The zero-order valence-electron chi connectivity index (χ0n) is 9.28. The van der Waals surface area contributed by atoms with Gasteiger partial charge >= 0.3 is 0 Å². The highest BCUT2D eigenvalue weighted by molar-refractivity contribution is 5.98. The second-order valence-corrected chi connectivity index (χ2v) is 3.96. The van der Waals surface area contributed by atoms with Gasteiger partial charge in [0, 0.05) is 0 Å². The molecule has 0 bridgehead atoms. The average molecular weight is 218 g/mol. The topological polar surface area (TPSA) is 9.23 Å². The summed E-state index contributed by atoms with van der Waals surface area (Å²) in [6.07, 6.45) is 5.47. The predicted molar refractivity (Wildman–Crippen MR) is 68.8 cm³/mol. The van der Waals surface area contributed by atoms with Crippen molar-refractivity contribution in [2.45, 2.75) is 18.4 Å². The van der Waals surface area contributed by atoms with Crippen molar-refractivity contribution in [1.82, 2.24) is 0 Å². The quantitative estimate of drug-likeness (QED) is 0.526.